The summed E-state index contributed by atoms with van der Waals surface area (Å²) < 4.78 is 0. The van der Waals surface area contributed by atoms with Gasteiger partial charge < -0.3 is 42.4 Å². The minimum absolute atomic E-state index is 0.00846. The number of phenolic OH excluding ortho intramolecular Hbond substituents is 3. The van der Waals surface area contributed by atoms with Crippen molar-refractivity contribution in [2.24, 2.45) is 5.73 Å². The first kappa shape index (κ1) is 45.9. The van der Waals surface area contributed by atoms with Gasteiger partial charge in [-0.25, -0.2) is 4.98 Å². The molecule has 6 aromatic carbocycles. The van der Waals surface area contributed by atoms with Crippen LogP contribution in [0.1, 0.15) is 42.8 Å². The van der Waals surface area contributed by atoms with E-state index in [1.165, 1.54) is 42.5 Å². The van der Waals surface area contributed by atoms with Crippen molar-refractivity contribution in [3.63, 3.8) is 0 Å². The zero-order chi connectivity index (χ0) is 44.5. The third-order valence-corrected chi connectivity index (χ3v) is 9.79. The number of nitrogens with two attached hydrogens (primary N) is 2. The van der Waals surface area contributed by atoms with Crippen LogP contribution in [-0.4, -0.2) is 43.4 Å². The number of anilines is 2. The Bertz CT molecular complexity index is 2860. The van der Waals surface area contributed by atoms with E-state index in [0.717, 1.165) is 0 Å². The number of carbonyl (C=O) groups excluding carboxylic acids is 3. The number of primary amides is 1. The second-order valence-electron chi connectivity index (χ2n) is 12.6. The summed E-state index contributed by atoms with van der Waals surface area (Å²) in [4.78, 5) is 51.9. The van der Waals surface area contributed by atoms with Crippen LogP contribution < -0.4 is 27.7 Å². The van der Waals surface area contributed by atoms with Crippen molar-refractivity contribution in [2.45, 2.75) is 6.17 Å². The predicted molar refractivity (Wildman–Crippen MR) is 241 cm³/mol. The Labute approximate surface area is 376 Å². The maximum absolute atomic E-state index is 12.1. The number of nitrogens with zero attached hydrogens (tertiary/aromatic N) is 1. The Morgan fingerprint density at radius 1 is 0.639 bits per heavy atom. The molecule has 1 aliphatic rings. The molecule has 1 aliphatic heterocycles. The molecule has 0 aliphatic carbocycles. The highest BCUT2D eigenvalue weighted by molar-refractivity contribution is 6.32. The number of halogens is 6. The molecule has 312 valence electrons. The first-order chi connectivity index (χ1) is 28.9. The van der Waals surface area contributed by atoms with E-state index in [9.17, 15) is 29.4 Å². The summed E-state index contributed by atoms with van der Waals surface area (Å²) in [5.74, 6) is -0.560. The molecule has 2 heterocycles. The number of benzene rings is 6. The van der Waals surface area contributed by atoms with E-state index in [4.69, 9.17) is 86.2 Å². The molecule has 13 nitrogen and oxygen atoms in total. The smallest absolute Gasteiger partial charge is 0.259 e. The van der Waals surface area contributed by atoms with Gasteiger partial charge in [0.25, 0.3) is 17.4 Å². The van der Waals surface area contributed by atoms with E-state index >= 15 is 0 Å². The van der Waals surface area contributed by atoms with Crippen LogP contribution in [0.3, 0.4) is 0 Å². The molecule has 10 N–H and O–H groups in total. The standard InChI is InChI=1S/C14H10Cl2N2O2.C14H8Cl2N2O2.C7H7ClN2O.C7H5ClO2/c2*15-7-1-3-11-9(5-7)14(20)18-13(17-11)10-6-8(16)2-4-12(10)19;8-4-1-2-6(9)5(3-4)7(10)11;8-6-1-2-7(10)5(3-6)4-9/h1-6,13,17,19H,(H,18,20);1-6,19H,(H,17,18,20);1-3H,9H2,(H2,10,11);1-4,10H. The van der Waals surface area contributed by atoms with Crippen LogP contribution in [-0.2, 0) is 0 Å². The molecule has 1 unspecified atom stereocenters. The van der Waals surface area contributed by atoms with Gasteiger partial charge in [-0.1, -0.05) is 69.6 Å². The van der Waals surface area contributed by atoms with E-state index in [0.29, 0.717) is 75.4 Å². The number of aromatic nitrogens is 2. The number of nitrogen functional groups attached to an aromatic ring is 1. The number of hydrogen-bond acceptors (Lipinski definition) is 10. The number of aldehydes is 1. The Morgan fingerprint density at radius 3 is 1.82 bits per heavy atom. The van der Waals surface area contributed by atoms with Gasteiger partial charge in [-0.3, -0.25) is 19.2 Å². The summed E-state index contributed by atoms with van der Waals surface area (Å²) >= 11 is 34.7. The van der Waals surface area contributed by atoms with Gasteiger partial charge in [-0.05, 0) is 109 Å². The molecule has 0 bridgehead atoms. The molecule has 0 radical (unpaired) electrons. The predicted octanol–water partition coefficient (Wildman–Crippen LogP) is 10.0. The van der Waals surface area contributed by atoms with Gasteiger partial charge in [-0.15, -0.1) is 0 Å². The molecule has 0 saturated carbocycles. The van der Waals surface area contributed by atoms with Gasteiger partial charge in [0, 0.05) is 47.1 Å². The lowest BCUT2D eigenvalue weighted by Crippen LogP contribution is -2.38. The van der Waals surface area contributed by atoms with Crippen LogP contribution in [0.4, 0.5) is 11.4 Å². The molecule has 0 saturated heterocycles. The molecule has 2 amide bonds. The van der Waals surface area contributed by atoms with Gasteiger partial charge in [0.1, 0.15) is 29.2 Å². The van der Waals surface area contributed by atoms with Gasteiger partial charge >= 0.3 is 0 Å². The van der Waals surface area contributed by atoms with Crippen LogP contribution in [0.25, 0.3) is 22.3 Å². The highest BCUT2D eigenvalue weighted by Crippen LogP contribution is 2.34. The number of nitrogens with one attached hydrogen (secondary N) is 3. The minimum Gasteiger partial charge on any atom is -0.508 e. The summed E-state index contributed by atoms with van der Waals surface area (Å²) in [5, 5.41) is 37.7. The number of H-pyrrole nitrogens is 1. The van der Waals surface area contributed by atoms with Crippen LogP contribution >= 0.6 is 69.6 Å². The number of fused-ring (bicyclic) bond motifs is 2. The van der Waals surface area contributed by atoms with Crippen molar-refractivity contribution in [1.29, 1.82) is 0 Å². The topological polar surface area (TPSA) is 234 Å². The lowest BCUT2D eigenvalue weighted by Gasteiger charge is -2.28. The Hall–Kier alpha value is -6.19. The van der Waals surface area contributed by atoms with Gasteiger partial charge in [0.05, 0.1) is 33.2 Å². The maximum atomic E-state index is 12.1. The molecular formula is C42H30Cl6N6O7. The number of phenols is 3. The van der Waals surface area contributed by atoms with E-state index in [-0.39, 0.29) is 45.7 Å². The molecular weight excluding hydrogens is 913 g/mol. The zero-order valence-electron chi connectivity index (χ0n) is 30.9. The van der Waals surface area contributed by atoms with Crippen LogP contribution in [0.15, 0.2) is 114 Å². The summed E-state index contributed by atoms with van der Waals surface area (Å²) in [7, 11) is 0. The largest absolute Gasteiger partial charge is 0.508 e. The van der Waals surface area contributed by atoms with Crippen molar-refractivity contribution >= 4 is 110 Å². The quantitative estimate of drug-likeness (QED) is 0.0614. The average molecular weight is 943 g/mol. The normalized spacial score (nSPS) is 12.4. The van der Waals surface area contributed by atoms with Crippen molar-refractivity contribution in [3.05, 3.63) is 172 Å². The Kier molecular flexibility index (Phi) is 15.3. The van der Waals surface area contributed by atoms with Crippen LogP contribution in [0.2, 0.25) is 30.1 Å². The summed E-state index contributed by atoms with van der Waals surface area (Å²) in [6, 6.07) is 28.0. The Morgan fingerprint density at radius 2 is 1.18 bits per heavy atom. The zero-order valence-corrected chi connectivity index (χ0v) is 35.4. The fourth-order valence-electron chi connectivity index (χ4n) is 5.44. The fraction of sp³-hybridized carbons (Fsp3) is 0.0238. The monoisotopic (exact) mass is 940 g/mol. The lowest BCUT2D eigenvalue weighted by molar-refractivity contribution is 0.0934. The maximum Gasteiger partial charge on any atom is 0.259 e. The molecule has 1 aromatic heterocycles. The third kappa shape index (κ3) is 12.0. The van der Waals surface area contributed by atoms with E-state index < -0.39 is 12.1 Å². The van der Waals surface area contributed by atoms with Crippen LogP contribution in [0, 0.1) is 0 Å². The first-order valence-corrected chi connectivity index (χ1v) is 19.5. The number of rotatable bonds is 4. The lowest BCUT2D eigenvalue weighted by atomic mass is 10.1. The number of aromatic hydroxyl groups is 3. The SMILES string of the molecule is NC(=O)c1cc(Cl)ccc1N.O=C1NC(c2cc(Cl)ccc2O)Nc2ccc(Cl)cc21.O=Cc1cc(Cl)ccc1O.O=c1[nH]c(-c2cc(Cl)ccc2O)nc2ccc(Cl)cc12. The summed E-state index contributed by atoms with van der Waals surface area (Å²) in [6.07, 6.45) is 0.0103. The summed E-state index contributed by atoms with van der Waals surface area (Å²) in [6.45, 7) is 0. The van der Waals surface area contributed by atoms with Gasteiger partial charge in [-0.2, -0.15) is 0 Å². The Balaban J connectivity index is 0.000000161. The van der Waals surface area contributed by atoms with Crippen LogP contribution in [0.5, 0.6) is 17.2 Å². The van der Waals surface area contributed by atoms with Crippen molar-refractivity contribution in [1.82, 2.24) is 15.3 Å². The molecule has 0 spiro atoms. The second-order valence-corrected chi connectivity index (χ2v) is 15.2. The van der Waals surface area contributed by atoms with Crippen molar-refractivity contribution in [3.8, 4) is 28.6 Å². The highest BCUT2D eigenvalue weighted by Gasteiger charge is 2.26. The molecule has 1 atom stereocenters. The number of aromatic amines is 1. The van der Waals surface area contributed by atoms with Gasteiger partial charge in [0.2, 0.25) is 0 Å². The van der Waals surface area contributed by atoms with E-state index in [1.54, 1.807) is 66.7 Å². The van der Waals surface area contributed by atoms with E-state index in [1.807, 2.05) is 0 Å². The first-order valence-electron chi connectivity index (χ1n) is 17.3. The highest BCUT2D eigenvalue weighted by atomic mass is 35.5. The molecule has 7 aromatic rings. The minimum atomic E-state index is -0.565. The van der Waals surface area contributed by atoms with Gasteiger partial charge in [0.15, 0.2) is 6.29 Å². The van der Waals surface area contributed by atoms with Crippen molar-refractivity contribution < 1.29 is 29.7 Å². The molecule has 61 heavy (non-hydrogen) atoms. The average Bonchev–Trinajstić information content (AvgIpc) is 3.22. The summed E-state index contributed by atoms with van der Waals surface area (Å²) in [5.41, 5.74) is 13.4. The van der Waals surface area contributed by atoms with E-state index in [2.05, 4.69) is 20.6 Å². The van der Waals surface area contributed by atoms with Crippen molar-refractivity contribution in [2.75, 3.05) is 11.1 Å². The number of amides is 2. The molecule has 8 rings (SSSR count). The fourth-order valence-corrected chi connectivity index (χ4v) is 6.49. The molecule has 19 heteroatoms. The second kappa shape index (κ2) is 20.4. The number of carbonyl (C=O) groups is 3. The third-order valence-electron chi connectivity index (χ3n) is 8.38. The molecule has 0 fully saturated rings. The number of hydrogen-bond donors (Lipinski definition) is 8.